The van der Waals surface area contributed by atoms with Gasteiger partial charge < -0.3 is 15.3 Å². The van der Waals surface area contributed by atoms with Crippen LogP contribution < -0.4 is 5.32 Å². The number of amides is 2. The van der Waals surface area contributed by atoms with Crippen LogP contribution in [0, 0.1) is 5.92 Å². The van der Waals surface area contributed by atoms with Crippen molar-refractivity contribution in [1.29, 1.82) is 0 Å². The number of hydrogen-bond acceptors (Lipinski definition) is 2. The monoisotopic (exact) mass is 290 g/mol. The zero-order chi connectivity index (χ0) is 15.1. The Morgan fingerprint density at radius 2 is 2.00 bits per heavy atom. The third kappa shape index (κ3) is 4.74. The zero-order valence-electron chi connectivity index (χ0n) is 12.8. The zero-order valence-corrected chi connectivity index (χ0v) is 12.8. The Balaban J connectivity index is 2.02. The second-order valence-corrected chi connectivity index (χ2v) is 5.94. The molecule has 0 spiro atoms. The highest BCUT2D eigenvalue weighted by molar-refractivity contribution is 5.74. The van der Waals surface area contributed by atoms with Crippen molar-refractivity contribution in [2.45, 2.75) is 38.1 Å². The van der Waals surface area contributed by atoms with Crippen molar-refractivity contribution in [3.8, 4) is 0 Å². The maximum Gasteiger partial charge on any atom is 0.317 e. The van der Waals surface area contributed by atoms with E-state index in [1.807, 2.05) is 18.2 Å². The molecule has 0 radical (unpaired) electrons. The number of carbonyl (C=O) groups excluding carboxylic acids is 1. The van der Waals surface area contributed by atoms with Crippen LogP contribution in [-0.4, -0.2) is 36.2 Å². The Morgan fingerprint density at radius 1 is 1.33 bits per heavy atom. The van der Waals surface area contributed by atoms with Crippen LogP contribution in [0.4, 0.5) is 4.79 Å². The van der Waals surface area contributed by atoms with Gasteiger partial charge in [-0.1, -0.05) is 56.0 Å². The first-order valence-electron chi connectivity index (χ1n) is 7.88. The number of hydrogen-bond donors (Lipinski definition) is 2. The summed E-state index contributed by atoms with van der Waals surface area (Å²) in [6, 6.07) is 10.1. The van der Waals surface area contributed by atoms with Gasteiger partial charge in [0.2, 0.25) is 0 Å². The number of nitrogens with one attached hydrogen (secondary N) is 1. The predicted molar refractivity (Wildman–Crippen MR) is 84.0 cm³/mol. The number of benzene rings is 1. The molecule has 1 aliphatic carbocycles. The molecule has 0 aromatic heterocycles. The summed E-state index contributed by atoms with van der Waals surface area (Å²) in [5.74, 6) is 0.707. The van der Waals surface area contributed by atoms with Gasteiger partial charge >= 0.3 is 6.03 Å². The van der Waals surface area contributed by atoms with Gasteiger partial charge in [0.05, 0.1) is 12.6 Å². The van der Waals surface area contributed by atoms with Crippen molar-refractivity contribution in [2.75, 3.05) is 20.2 Å². The minimum absolute atomic E-state index is 0.0114. The van der Waals surface area contributed by atoms with E-state index in [0.29, 0.717) is 12.5 Å². The van der Waals surface area contributed by atoms with E-state index in [2.05, 4.69) is 17.4 Å². The van der Waals surface area contributed by atoms with Gasteiger partial charge in [-0.3, -0.25) is 0 Å². The smallest absolute Gasteiger partial charge is 0.317 e. The molecule has 2 rings (SSSR count). The lowest BCUT2D eigenvalue weighted by atomic mass is 9.93. The molecule has 116 valence electrons. The summed E-state index contributed by atoms with van der Waals surface area (Å²) in [7, 11) is 1.71. The summed E-state index contributed by atoms with van der Waals surface area (Å²) in [5.41, 5.74) is 1.16. The van der Waals surface area contributed by atoms with Gasteiger partial charge in [0, 0.05) is 13.6 Å². The Labute approximate surface area is 127 Å². The van der Waals surface area contributed by atoms with E-state index in [-0.39, 0.29) is 18.7 Å². The van der Waals surface area contributed by atoms with Gasteiger partial charge in [0.25, 0.3) is 0 Å². The molecule has 0 heterocycles. The third-order valence-corrected chi connectivity index (χ3v) is 4.33. The van der Waals surface area contributed by atoms with E-state index in [9.17, 15) is 4.79 Å². The molecule has 0 saturated heterocycles. The minimum Gasteiger partial charge on any atom is -0.395 e. The van der Waals surface area contributed by atoms with Gasteiger partial charge in [-0.15, -0.1) is 0 Å². The van der Waals surface area contributed by atoms with Crippen molar-refractivity contribution >= 4 is 6.03 Å². The number of urea groups is 1. The number of aliphatic hydroxyl groups excluding tert-OH is 1. The number of carbonyl (C=O) groups is 1. The summed E-state index contributed by atoms with van der Waals surface area (Å²) in [6.45, 7) is 0.347. The molecule has 21 heavy (non-hydrogen) atoms. The maximum atomic E-state index is 12.2. The van der Waals surface area contributed by atoms with Crippen LogP contribution in [0.5, 0.6) is 0 Å². The minimum atomic E-state index is -0.115. The number of rotatable bonds is 6. The molecule has 0 aliphatic heterocycles. The second kappa shape index (κ2) is 8.03. The van der Waals surface area contributed by atoms with Crippen LogP contribution in [0.2, 0.25) is 0 Å². The average Bonchev–Trinajstić information content (AvgIpc) is 3.00. The van der Waals surface area contributed by atoms with Gasteiger partial charge in [0.15, 0.2) is 0 Å². The van der Waals surface area contributed by atoms with Gasteiger partial charge in [0.1, 0.15) is 0 Å². The molecule has 1 aliphatic rings. The van der Waals surface area contributed by atoms with E-state index < -0.39 is 0 Å². The normalized spacial score (nSPS) is 16.7. The van der Waals surface area contributed by atoms with Crippen molar-refractivity contribution in [2.24, 2.45) is 5.92 Å². The highest BCUT2D eigenvalue weighted by Gasteiger charge is 2.23. The Morgan fingerprint density at radius 3 is 2.62 bits per heavy atom. The van der Waals surface area contributed by atoms with Crippen molar-refractivity contribution in [3.63, 3.8) is 0 Å². The molecule has 1 saturated carbocycles. The quantitative estimate of drug-likeness (QED) is 0.846. The van der Waals surface area contributed by atoms with Gasteiger partial charge in [-0.2, -0.15) is 0 Å². The molecule has 0 bridgehead atoms. The predicted octanol–water partition coefficient (Wildman–Crippen LogP) is 2.94. The third-order valence-electron chi connectivity index (χ3n) is 4.33. The number of likely N-dealkylation sites (N-methyl/N-ethyl adjacent to an activating group) is 1. The second-order valence-electron chi connectivity index (χ2n) is 5.94. The molecule has 1 aromatic rings. The Hall–Kier alpha value is -1.55. The fourth-order valence-electron chi connectivity index (χ4n) is 3.05. The molecule has 1 fully saturated rings. The van der Waals surface area contributed by atoms with Crippen LogP contribution in [0.15, 0.2) is 30.3 Å². The SMILES string of the molecule is CN(CCO)C(=O)NC(CC1CCCC1)c1ccccc1. The van der Waals surface area contributed by atoms with Crippen LogP contribution in [-0.2, 0) is 0 Å². The number of nitrogens with zero attached hydrogens (tertiary/aromatic N) is 1. The lowest BCUT2D eigenvalue weighted by Crippen LogP contribution is -2.41. The van der Waals surface area contributed by atoms with Gasteiger partial charge in [-0.25, -0.2) is 4.79 Å². The van der Waals surface area contributed by atoms with E-state index >= 15 is 0 Å². The highest BCUT2D eigenvalue weighted by Crippen LogP contribution is 2.33. The average molecular weight is 290 g/mol. The maximum absolute atomic E-state index is 12.2. The first-order valence-corrected chi connectivity index (χ1v) is 7.88. The van der Waals surface area contributed by atoms with Crippen LogP contribution >= 0.6 is 0 Å². The summed E-state index contributed by atoms with van der Waals surface area (Å²) < 4.78 is 0. The molecule has 4 heteroatoms. The lowest BCUT2D eigenvalue weighted by Gasteiger charge is -2.25. The molecular weight excluding hydrogens is 264 g/mol. The molecule has 4 nitrogen and oxygen atoms in total. The lowest BCUT2D eigenvalue weighted by molar-refractivity contribution is 0.185. The fraction of sp³-hybridized carbons (Fsp3) is 0.588. The summed E-state index contributed by atoms with van der Waals surface area (Å²) in [6.07, 6.45) is 6.16. The van der Waals surface area contributed by atoms with Crippen LogP contribution in [0.25, 0.3) is 0 Å². The van der Waals surface area contributed by atoms with Gasteiger partial charge in [-0.05, 0) is 17.9 Å². The standard InChI is InChI=1S/C17H26N2O2/c1-19(11-12-20)17(21)18-16(13-14-7-5-6-8-14)15-9-3-2-4-10-15/h2-4,9-10,14,16,20H,5-8,11-13H2,1H3,(H,18,21). The van der Waals surface area contributed by atoms with Crippen LogP contribution in [0.1, 0.15) is 43.7 Å². The topological polar surface area (TPSA) is 52.6 Å². The van der Waals surface area contributed by atoms with Crippen molar-refractivity contribution in [3.05, 3.63) is 35.9 Å². The Bertz CT molecular complexity index is 430. The molecular formula is C17H26N2O2. The highest BCUT2D eigenvalue weighted by atomic mass is 16.3. The summed E-state index contributed by atoms with van der Waals surface area (Å²) >= 11 is 0. The van der Waals surface area contributed by atoms with Crippen molar-refractivity contribution < 1.29 is 9.90 Å². The fourth-order valence-corrected chi connectivity index (χ4v) is 3.05. The molecule has 2 N–H and O–H groups in total. The molecule has 1 unspecified atom stereocenters. The van der Waals surface area contributed by atoms with E-state index in [1.165, 1.54) is 30.6 Å². The van der Waals surface area contributed by atoms with E-state index in [4.69, 9.17) is 5.11 Å². The van der Waals surface area contributed by atoms with E-state index in [1.54, 1.807) is 7.05 Å². The molecule has 2 amide bonds. The first-order chi connectivity index (χ1) is 10.2. The number of aliphatic hydroxyl groups is 1. The largest absolute Gasteiger partial charge is 0.395 e. The van der Waals surface area contributed by atoms with E-state index in [0.717, 1.165) is 12.0 Å². The Kier molecular flexibility index (Phi) is 6.05. The first kappa shape index (κ1) is 15.8. The van der Waals surface area contributed by atoms with Crippen molar-refractivity contribution in [1.82, 2.24) is 10.2 Å². The summed E-state index contributed by atoms with van der Waals surface area (Å²) in [4.78, 5) is 13.7. The molecule has 1 aromatic carbocycles. The van der Waals surface area contributed by atoms with Crippen LogP contribution in [0.3, 0.4) is 0 Å². The summed E-state index contributed by atoms with van der Waals surface area (Å²) in [5, 5.41) is 12.1. The molecule has 1 atom stereocenters.